The van der Waals surface area contributed by atoms with Gasteiger partial charge in [0.2, 0.25) is 5.91 Å². The molecule has 0 saturated heterocycles. The van der Waals surface area contributed by atoms with Gasteiger partial charge in [-0.25, -0.2) is 4.79 Å². The Morgan fingerprint density at radius 2 is 2.19 bits per heavy atom. The smallest absolute Gasteiger partial charge is 0.341 e. The van der Waals surface area contributed by atoms with Crippen LogP contribution in [0.4, 0.5) is 5.00 Å². The molecule has 6 heteroatoms. The summed E-state index contributed by atoms with van der Waals surface area (Å²) in [5.41, 5.74) is 1.68. The molecule has 2 atom stereocenters. The van der Waals surface area contributed by atoms with Gasteiger partial charge in [-0.2, -0.15) is 11.8 Å². The zero-order chi connectivity index (χ0) is 15.0. The standard InChI is InChI=1S/C15H19NO3S2/c1-3-19-15(18)12-9-4-5-20-7-11(9)21-14(12)16-13(17)10-6-8(10)2/h8,10H,3-7H2,1-2H3,(H,16,17)/t8-,10-/m1/s1. The molecule has 4 nitrogen and oxygen atoms in total. The number of esters is 1. The normalized spacial score (nSPS) is 23.3. The fourth-order valence-corrected chi connectivity index (χ4v) is 5.00. The number of amides is 1. The van der Waals surface area contributed by atoms with Crippen molar-refractivity contribution in [3.05, 3.63) is 16.0 Å². The molecule has 0 bridgehead atoms. The van der Waals surface area contributed by atoms with E-state index in [1.165, 1.54) is 16.2 Å². The number of ether oxygens (including phenoxy) is 1. The van der Waals surface area contributed by atoms with Gasteiger partial charge in [-0.15, -0.1) is 11.3 Å². The molecular formula is C15H19NO3S2. The number of hydrogen-bond acceptors (Lipinski definition) is 5. The number of nitrogens with one attached hydrogen (secondary N) is 1. The first-order valence-electron chi connectivity index (χ1n) is 7.32. The number of anilines is 1. The van der Waals surface area contributed by atoms with Crippen LogP contribution < -0.4 is 5.32 Å². The van der Waals surface area contributed by atoms with E-state index in [9.17, 15) is 9.59 Å². The lowest BCUT2D eigenvalue weighted by atomic mass is 10.1. The minimum absolute atomic E-state index is 0.0410. The van der Waals surface area contributed by atoms with Crippen molar-refractivity contribution < 1.29 is 14.3 Å². The predicted molar refractivity (Wildman–Crippen MR) is 86.0 cm³/mol. The summed E-state index contributed by atoms with van der Waals surface area (Å²) in [5, 5.41) is 3.65. The average Bonchev–Trinajstić information content (AvgIpc) is 3.08. The first-order valence-corrected chi connectivity index (χ1v) is 9.29. The Bertz CT molecular complexity index is 582. The van der Waals surface area contributed by atoms with Crippen molar-refractivity contribution in [3.63, 3.8) is 0 Å². The maximum atomic E-state index is 12.3. The monoisotopic (exact) mass is 325 g/mol. The topological polar surface area (TPSA) is 55.4 Å². The molecule has 1 aliphatic carbocycles. The number of thiophene rings is 1. The van der Waals surface area contributed by atoms with Gasteiger partial charge in [0.15, 0.2) is 0 Å². The molecule has 1 amide bonds. The molecule has 2 aliphatic rings. The number of thioether (sulfide) groups is 1. The van der Waals surface area contributed by atoms with Crippen LogP contribution in [0.1, 0.15) is 41.1 Å². The molecule has 114 valence electrons. The first kappa shape index (κ1) is 14.9. The molecule has 21 heavy (non-hydrogen) atoms. The fourth-order valence-electron chi connectivity index (χ4n) is 2.63. The van der Waals surface area contributed by atoms with Crippen LogP contribution in [0.2, 0.25) is 0 Å². The molecule has 0 radical (unpaired) electrons. The van der Waals surface area contributed by atoms with E-state index in [1.807, 2.05) is 11.8 Å². The van der Waals surface area contributed by atoms with Crippen molar-refractivity contribution in [2.24, 2.45) is 11.8 Å². The predicted octanol–water partition coefficient (Wildman–Crippen LogP) is 3.31. The quantitative estimate of drug-likeness (QED) is 0.863. The third-order valence-corrected chi connectivity index (χ3v) is 6.30. The highest BCUT2D eigenvalue weighted by molar-refractivity contribution is 7.98. The van der Waals surface area contributed by atoms with Gasteiger partial charge in [0.25, 0.3) is 0 Å². The van der Waals surface area contributed by atoms with Crippen LogP contribution in [0.25, 0.3) is 0 Å². The summed E-state index contributed by atoms with van der Waals surface area (Å²) in [4.78, 5) is 25.6. The number of rotatable bonds is 4. The molecule has 1 aromatic rings. The van der Waals surface area contributed by atoms with E-state index in [-0.39, 0.29) is 17.8 Å². The van der Waals surface area contributed by atoms with Crippen molar-refractivity contribution in [1.82, 2.24) is 0 Å². The van der Waals surface area contributed by atoms with Gasteiger partial charge in [0.05, 0.1) is 12.2 Å². The summed E-state index contributed by atoms with van der Waals surface area (Å²) < 4.78 is 5.18. The molecular weight excluding hydrogens is 306 g/mol. The zero-order valence-electron chi connectivity index (χ0n) is 12.2. The van der Waals surface area contributed by atoms with E-state index in [2.05, 4.69) is 12.2 Å². The molecule has 1 aromatic heterocycles. The summed E-state index contributed by atoms with van der Waals surface area (Å²) in [7, 11) is 0. The van der Waals surface area contributed by atoms with E-state index in [1.54, 1.807) is 6.92 Å². The highest BCUT2D eigenvalue weighted by Crippen LogP contribution is 2.42. The van der Waals surface area contributed by atoms with Crippen LogP contribution in [0, 0.1) is 11.8 Å². The van der Waals surface area contributed by atoms with Crippen LogP contribution in [0.3, 0.4) is 0 Å². The Kier molecular flexibility index (Phi) is 4.26. The second-order valence-electron chi connectivity index (χ2n) is 5.54. The van der Waals surface area contributed by atoms with Gasteiger partial charge >= 0.3 is 5.97 Å². The van der Waals surface area contributed by atoms with E-state index < -0.39 is 0 Å². The molecule has 0 spiro atoms. The summed E-state index contributed by atoms with van der Waals surface area (Å²) in [6.07, 6.45) is 1.82. The summed E-state index contributed by atoms with van der Waals surface area (Å²) in [5.74, 6) is 2.24. The van der Waals surface area contributed by atoms with Crippen LogP contribution in [0.5, 0.6) is 0 Å². The Balaban J connectivity index is 1.89. The molecule has 2 heterocycles. The lowest BCUT2D eigenvalue weighted by Crippen LogP contribution is -2.17. The second kappa shape index (κ2) is 6.01. The molecule has 1 fully saturated rings. The summed E-state index contributed by atoms with van der Waals surface area (Å²) in [6.45, 7) is 4.23. The second-order valence-corrected chi connectivity index (χ2v) is 7.75. The minimum atomic E-state index is -0.305. The SMILES string of the molecule is CCOC(=O)c1c(NC(=O)[C@@H]2C[C@H]2C)sc2c1CCSC2. The number of carbonyl (C=O) groups excluding carboxylic acids is 2. The van der Waals surface area contributed by atoms with Crippen molar-refractivity contribution in [2.75, 3.05) is 17.7 Å². The number of carbonyl (C=O) groups is 2. The number of fused-ring (bicyclic) bond motifs is 1. The molecule has 0 aromatic carbocycles. The van der Waals surface area contributed by atoms with Crippen LogP contribution >= 0.6 is 23.1 Å². The minimum Gasteiger partial charge on any atom is -0.462 e. The maximum Gasteiger partial charge on any atom is 0.341 e. The largest absolute Gasteiger partial charge is 0.462 e. The van der Waals surface area contributed by atoms with E-state index in [0.29, 0.717) is 23.1 Å². The van der Waals surface area contributed by atoms with E-state index in [0.717, 1.165) is 29.9 Å². The van der Waals surface area contributed by atoms with Crippen LogP contribution in [-0.4, -0.2) is 24.2 Å². The highest BCUT2D eigenvalue weighted by Gasteiger charge is 2.40. The van der Waals surface area contributed by atoms with Gasteiger partial charge < -0.3 is 10.1 Å². The van der Waals surface area contributed by atoms with Crippen molar-refractivity contribution in [1.29, 1.82) is 0 Å². The zero-order valence-corrected chi connectivity index (χ0v) is 13.9. The van der Waals surface area contributed by atoms with Crippen molar-refractivity contribution in [3.8, 4) is 0 Å². The van der Waals surface area contributed by atoms with Crippen LogP contribution in [0.15, 0.2) is 0 Å². The Morgan fingerprint density at radius 3 is 2.86 bits per heavy atom. The molecule has 1 saturated carbocycles. The third kappa shape index (κ3) is 2.97. The van der Waals surface area contributed by atoms with Gasteiger partial charge in [0.1, 0.15) is 5.00 Å². The number of hydrogen-bond donors (Lipinski definition) is 1. The maximum absolute atomic E-state index is 12.3. The van der Waals surface area contributed by atoms with Crippen molar-refractivity contribution >= 4 is 40.0 Å². The van der Waals surface area contributed by atoms with Gasteiger partial charge in [0, 0.05) is 16.5 Å². The molecule has 0 unspecified atom stereocenters. The Labute approximate surface area is 132 Å². The van der Waals surface area contributed by atoms with E-state index >= 15 is 0 Å². The highest BCUT2D eigenvalue weighted by atomic mass is 32.2. The summed E-state index contributed by atoms with van der Waals surface area (Å²) in [6, 6.07) is 0. The fraction of sp³-hybridized carbons (Fsp3) is 0.600. The Morgan fingerprint density at radius 1 is 1.43 bits per heavy atom. The van der Waals surface area contributed by atoms with Gasteiger partial charge in [-0.1, -0.05) is 6.92 Å². The first-order chi connectivity index (χ1) is 10.1. The lowest BCUT2D eigenvalue weighted by molar-refractivity contribution is -0.117. The van der Waals surface area contributed by atoms with Crippen molar-refractivity contribution in [2.45, 2.75) is 32.4 Å². The molecule has 1 N–H and O–H groups in total. The van der Waals surface area contributed by atoms with Gasteiger partial charge in [-0.05, 0) is 37.0 Å². The average molecular weight is 325 g/mol. The Hall–Kier alpha value is -1.01. The van der Waals surface area contributed by atoms with Gasteiger partial charge in [-0.3, -0.25) is 4.79 Å². The lowest BCUT2D eigenvalue weighted by Gasteiger charge is -2.12. The van der Waals surface area contributed by atoms with Crippen LogP contribution in [-0.2, 0) is 21.7 Å². The molecule has 1 aliphatic heterocycles. The third-order valence-electron chi connectivity index (χ3n) is 3.98. The van der Waals surface area contributed by atoms with E-state index in [4.69, 9.17) is 4.74 Å². The molecule has 3 rings (SSSR count). The summed E-state index contributed by atoms with van der Waals surface area (Å²) >= 11 is 3.41.